The molecule has 42 heavy (non-hydrogen) atoms. The van der Waals surface area contributed by atoms with Gasteiger partial charge in [0.1, 0.15) is 29.6 Å². The predicted molar refractivity (Wildman–Crippen MR) is 171 cm³/mol. The van der Waals surface area contributed by atoms with Crippen LogP contribution in [0.15, 0.2) is 46.6 Å². The largest absolute Gasteiger partial charge is 0.486 e. The first-order chi connectivity index (χ1) is 20.0. The number of alkyl halides is 1. The van der Waals surface area contributed by atoms with Crippen molar-refractivity contribution < 1.29 is 23.0 Å². The van der Waals surface area contributed by atoms with Gasteiger partial charge in [0.25, 0.3) is 0 Å². The Balaban J connectivity index is 0.00000148. The lowest BCUT2D eigenvalue weighted by atomic mass is 10.1. The highest BCUT2D eigenvalue weighted by molar-refractivity contribution is 9.10. The molecule has 2 aromatic carbocycles. The van der Waals surface area contributed by atoms with Crippen LogP contribution in [0.2, 0.25) is 0 Å². The van der Waals surface area contributed by atoms with E-state index in [1.165, 1.54) is 23.4 Å². The van der Waals surface area contributed by atoms with Crippen LogP contribution in [-0.2, 0) is 4.74 Å². The van der Waals surface area contributed by atoms with Gasteiger partial charge in [-0.25, -0.2) is 23.5 Å². The van der Waals surface area contributed by atoms with E-state index in [9.17, 15) is 4.79 Å². The number of rotatable bonds is 6. The van der Waals surface area contributed by atoms with E-state index in [2.05, 4.69) is 49.5 Å². The molecule has 228 valence electrons. The van der Waals surface area contributed by atoms with Crippen LogP contribution in [0.1, 0.15) is 60.5 Å². The summed E-state index contributed by atoms with van der Waals surface area (Å²) in [4.78, 5) is 26.2. The molecule has 1 aliphatic heterocycles. The number of carbonyl (C=O) groups excluding carboxylic acids is 1. The fourth-order valence-corrected chi connectivity index (χ4v) is 4.54. The molecule has 3 aromatic rings. The van der Waals surface area contributed by atoms with Gasteiger partial charge in [-0.3, -0.25) is 4.99 Å². The van der Waals surface area contributed by atoms with Crippen LogP contribution in [0.4, 0.5) is 30.8 Å². The summed E-state index contributed by atoms with van der Waals surface area (Å²) in [5.74, 6) is 0.00600. The van der Waals surface area contributed by atoms with Gasteiger partial charge >= 0.3 is 6.09 Å². The third kappa shape index (κ3) is 8.47. The van der Waals surface area contributed by atoms with Crippen molar-refractivity contribution in [1.29, 1.82) is 0 Å². The molecule has 11 heteroatoms. The van der Waals surface area contributed by atoms with Gasteiger partial charge in [-0.2, -0.15) is 0 Å². The van der Waals surface area contributed by atoms with Crippen LogP contribution in [0.3, 0.4) is 0 Å². The number of fused-ring (bicyclic) bond motifs is 1. The van der Waals surface area contributed by atoms with E-state index < -0.39 is 29.8 Å². The number of aromatic nitrogens is 2. The third-order valence-electron chi connectivity index (χ3n) is 5.86. The van der Waals surface area contributed by atoms with E-state index in [1.54, 1.807) is 39.0 Å². The number of anilines is 2. The van der Waals surface area contributed by atoms with Crippen molar-refractivity contribution in [3.05, 3.63) is 53.0 Å². The third-order valence-corrected chi connectivity index (χ3v) is 6.32. The van der Waals surface area contributed by atoms with Gasteiger partial charge in [0, 0.05) is 23.0 Å². The molecular weight excluding hydrogens is 608 g/mol. The molecule has 1 aromatic heterocycles. The zero-order valence-electron chi connectivity index (χ0n) is 25.3. The van der Waals surface area contributed by atoms with Crippen LogP contribution in [-0.4, -0.2) is 58.6 Å². The molecule has 0 spiro atoms. The summed E-state index contributed by atoms with van der Waals surface area (Å²) in [7, 11) is 0. The molecule has 0 aliphatic carbocycles. The molecule has 1 fully saturated rings. The minimum Gasteiger partial charge on any atom is -0.486 e. The van der Waals surface area contributed by atoms with Gasteiger partial charge in [0.15, 0.2) is 12.0 Å². The molecule has 0 saturated carbocycles. The Kier molecular flexibility index (Phi) is 12.8. The minimum absolute atomic E-state index is 0.134. The monoisotopic (exact) mass is 647 g/mol. The molecule has 1 saturated heterocycles. The Morgan fingerprint density at radius 2 is 1.90 bits per heavy atom. The van der Waals surface area contributed by atoms with Crippen molar-refractivity contribution in [2.75, 3.05) is 18.4 Å². The quantitative estimate of drug-likeness (QED) is 0.269. The van der Waals surface area contributed by atoms with Crippen molar-refractivity contribution in [2.45, 2.75) is 72.8 Å². The predicted octanol–water partition coefficient (Wildman–Crippen LogP) is 9.03. The number of hydrogen-bond donors (Lipinski definition) is 1. The second-order valence-corrected chi connectivity index (χ2v) is 10.7. The maximum Gasteiger partial charge on any atom is 0.410 e. The zero-order valence-corrected chi connectivity index (χ0v) is 26.9. The molecule has 2 heterocycles. The molecule has 1 amide bonds. The molecular formula is C31H40BrF2N5O3. The van der Waals surface area contributed by atoms with E-state index in [0.717, 1.165) is 0 Å². The van der Waals surface area contributed by atoms with Crippen molar-refractivity contribution in [3.8, 4) is 5.75 Å². The van der Waals surface area contributed by atoms with Crippen molar-refractivity contribution >= 4 is 62.9 Å². The van der Waals surface area contributed by atoms with Gasteiger partial charge in [0.05, 0.1) is 28.8 Å². The average molecular weight is 649 g/mol. The Labute approximate surface area is 255 Å². The second-order valence-electron chi connectivity index (χ2n) is 9.75. The summed E-state index contributed by atoms with van der Waals surface area (Å²) in [5.41, 5.74) is 0.510. The summed E-state index contributed by atoms with van der Waals surface area (Å²) in [5, 5.41) is 3.45. The average Bonchev–Trinajstić information content (AvgIpc) is 2.96. The smallest absolute Gasteiger partial charge is 0.410 e. The normalized spacial score (nSPS) is 16.3. The Bertz CT molecular complexity index is 1400. The molecule has 2 atom stereocenters. The number of nitrogens with one attached hydrogen (secondary N) is 1. The standard InChI is InChI=1S/C27H28BrF2N5O3.2C2H6/c1-6-16-18(31-5)7-8-19(24(16)30)34-25-23-20(32-14-33-25)11-15(28)12-22(23)37-21-9-10-35(13-17(21)29)26(36)38-27(2,3)4;2*1-2/h6-8,11-12,14,17,21H,1,5,9-10,13H2,2-4H3,(H,32,33,34);2*1-2H3. The number of nitrogens with zero attached hydrogens (tertiary/aromatic N) is 4. The number of likely N-dealkylation sites (tertiary alicyclic amines) is 1. The molecule has 4 rings (SSSR count). The first kappa shape index (κ1) is 34.6. The maximum atomic E-state index is 15.2. The van der Waals surface area contributed by atoms with E-state index >= 15 is 8.78 Å². The van der Waals surface area contributed by atoms with Gasteiger partial charge in [-0.05, 0) is 51.8 Å². The number of halogens is 3. The summed E-state index contributed by atoms with van der Waals surface area (Å²) >= 11 is 3.45. The highest BCUT2D eigenvalue weighted by Crippen LogP contribution is 2.38. The number of ether oxygens (including phenoxy) is 2. The number of piperidine rings is 1. The lowest BCUT2D eigenvalue weighted by Crippen LogP contribution is -2.50. The number of amides is 1. The van der Waals surface area contributed by atoms with Crippen LogP contribution < -0.4 is 10.1 Å². The number of aliphatic imine (C=N–C) groups is 1. The van der Waals surface area contributed by atoms with Gasteiger partial charge < -0.3 is 19.7 Å². The second kappa shape index (κ2) is 15.6. The van der Waals surface area contributed by atoms with Gasteiger partial charge in [-0.15, -0.1) is 0 Å². The molecule has 1 N–H and O–H groups in total. The van der Waals surface area contributed by atoms with Crippen molar-refractivity contribution in [3.63, 3.8) is 0 Å². The van der Waals surface area contributed by atoms with E-state index in [0.29, 0.717) is 26.8 Å². The van der Waals surface area contributed by atoms with Gasteiger partial charge in [0.2, 0.25) is 0 Å². The Morgan fingerprint density at radius 1 is 1.21 bits per heavy atom. The number of carbonyl (C=O) groups is 1. The summed E-state index contributed by atoms with van der Waals surface area (Å²) in [6.07, 6.45) is 0.0888. The Morgan fingerprint density at radius 3 is 2.50 bits per heavy atom. The zero-order chi connectivity index (χ0) is 31.6. The molecule has 0 radical (unpaired) electrons. The van der Waals surface area contributed by atoms with Gasteiger partial charge in [-0.1, -0.05) is 56.3 Å². The van der Waals surface area contributed by atoms with Crippen LogP contribution >= 0.6 is 15.9 Å². The van der Waals surface area contributed by atoms with Crippen LogP contribution in [0.5, 0.6) is 5.75 Å². The maximum absolute atomic E-state index is 15.2. The van der Waals surface area contributed by atoms with E-state index in [1.807, 2.05) is 27.7 Å². The molecule has 2 unspecified atom stereocenters. The lowest BCUT2D eigenvalue weighted by Gasteiger charge is -2.35. The highest BCUT2D eigenvalue weighted by atomic mass is 79.9. The van der Waals surface area contributed by atoms with Crippen LogP contribution in [0.25, 0.3) is 17.0 Å². The molecule has 1 aliphatic rings. The van der Waals surface area contributed by atoms with E-state index in [-0.39, 0.29) is 36.6 Å². The first-order valence-electron chi connectivity index (χ1n) is 13.9. The lowest BCUT2D eigenvalue weighted by molar-refractivity contribution is -0.0102. The Hall–Kier alpha value is -3.60. The fourth-order valence-electron chi connectivity index (χ4n) is 4.12. The number of hydrogen-bond acceptors (Lipinski definition) is 7. The van der Waals surface area contributed by atoms with E-state index in [4.69, 9.17) is 9.47 Å². The summed E-state index contributed by atoms with van der Waals surface area (Å²) in [6, 6.07) is 6.56. The minimum atomic E-state index is -1.46. The fraction of sp³-hybridized carbons (Fsp3) is 0.419. The van der Waals surface area contributed by atoms with Crippen LogP contribution in [0, 0.1) is 5.82 Å². The van der Waals surface area contributed by atoms with Crippen molar-refractivity contribution in [2.24, 2.45) is 4.99 Å². The highest BCUT2D eigenvalue weighted by Gasteiger charge is 2.35. The molecule has 8 nitrogen and oxygen atoms in total. The first-order valence-corrected chi connectivity index (χ1v) is 14.7. The SMILES string of the molecule is C=Cc1c(N=C)ccc(Nc2ncnc3cc(Br)cc(OC4CCN(C(=O)OC(C)(C)C)CC4F)c23)c1F.CC.CC. The van der Waals surface area contributed by atoms with Crippen molar-refractivity contribution in [1.82, 2.24) is 14.9 Å². The molecule has 0 bridgehead atoms. The number of benzene rings is 2. The summed E-state index contributed by atoms with van der Waals surface area (Å²) < 4.78 is 42.6. The topological polar surface area (TPSA) is 88.9 Å². The summed E-state index contributed by atoms with van der Waals surface area (Å²) in [6.45, 7) is 20.5.